The third-order valence-electron chi connectivity index (χ3n) is 3.97. The normalized spacial score (nSPS) is 31.2. The van der Waals surface area contributed by atoms with Gasteiger partial charge in [-0.15, -0.1) is 0 Å². The Labute approximate surface area is 110 Å². The number of hydrogen-bond donors (Lipinski definition) is 2. The van der Waals surface area contributed by atoms with Gasteiger partial charge in [0.15, 0.2) is 0 Å². The summed E-state index contributed by atoms with van der Waals surface area (Å²) < 4.78 is 0. The summed E-state index contributed by atoms with van der Waals surface area (Å²) in [6, 6.07) is 1.40. The number of carbonyl (C=O) groups is 1. The van der Waals surface area contributed by atoms with Crippen LogP contribution < -0.4 is 10.6 Å². The van der Waals surface area contributed by atoms with Gasteiger partial charge in [-0.3, -0.25) is 9.69 Å². The molecule has 4 nitrogen and oxygen atoms in total. The van der Waals surface area contributed by atoms with E-state index in [-0.39, 0.29) is 5.91 Å². The summed E-state index contributed by atoms with van der Waals surface area (Å²) in [5.41, 5.74) is 0. The molecule has 2 unspecified atom stereocenters. The summed E-state index contributed by atoms with van der Waals surface area (Å²) >= 11 is 0. The van der Waals surface area contributed by atoms with E-state index in [0.717, 1.165) is 13.1 Å². The second-order valence-corrected chi connectivity index (χ2v) is 6.07. The van der Waals surface area contributed by atoms with Crippen LogP contribution in [-0.4, -0.2) is 48.6 Å². The van der Waals surface area contributed by atoms with Crippen LogP contribution in [0, 0.1) is 0 Å². The van der Waals surface area contributed by atoms with Gasteiger partial charge in [0.25, 0.3) is 0 Å². The fourth-order valence-electron chi connectivity index (χ4n) is 3.29. The number of rotatable bonds is 3. The largest absolute Gasteiger partial charge is 0.352 e. The Hall–Kier alpha value is -0.610. The van der Waals surface area contributed by atoms with Crippen LogP contribution in [-0.2, 0) is 4.79 Å². The van der Waals surface area contributed by atoms with Gasteiger partial charge >= 0.3 is 0 Å². The summed E-state index contributed by atoms with van der Waals surface area (Å²) in [6.07, 6.45) is 6.21. The van der Waals surface area contributed by atoms with Crippen molar-refractivity contribution in [1.82, 2.24) is 15.5 Å². The maximum Gasteiger partial charge on any atom is 0.234 e. The summed E-state index contributed by atoms with van der Waals surface area (Å²) in [6.45, 7) is 6.88. The third kappa shape index (κ3) is 4.25. The highest BCUT2D eigenvalue weighted by Crippen LogP contribution is 2.17. The van der Waals surface area contributed by atoms with Crippen LogP contribution in [0.25, 0.3) is 0 Å². The van der Waals surface area contributed by atoms with Gasteiger partial charge < -0.3 is 10.6 Å². The first-order valence-electron chi connectivity index (χ1n) is 7.41. The van der Waals surface area contributed by atoms with E-state index in [1.54, 1.807) is 0 Å². The highest BCUT2D eigenvalue weighted by molar-refractivity contribution is 5.78. The molecule has 1 saturated carbocycles. The smallest absolute Gasteiger partial charge is 0.234 e. The molecule has 1 aliphatic heterocycles. The molecule has 1 heterocycles. The van der Waals surface area contributed by atoms with E-state index in [1.807, 2.05) is 0 Å². The first-order chi connectivity index (χ1) is 8.63. The summed E-state index contributed by atoms with van der Waals surface area (Å²) in [4.78, 5) is 14.3. The zero-order valence-corrected chi connectivity index (χ0v) is 11.7. The third-order valence-corrected chi connectivity index (χ3v) is 3.97. The Kier molecular flexibility index (Phi) is 5.01. The zero-order valence-electron chi connectivity index (χ0n) is 11.7. The molecule has 2 rings (SSSR count). The molecular weight excluding hydrogens is 226 g/mol. The van der Waals surface area contributed by atoms with Crippen molar-refractivity contribution in [2.75, 3.05) is 19.6 Å². The summed E-state index contributed by atoms with van der Waals surface area (Å²) in [5, 5.41) is 6.69. The highest BCUT2D eigenvalue weighted by atomic mass is 16.2. The van der Waals surface area contributed by atoms with Crippen molar-refractivity contribution in [1.29, 1.82) is 0 Å². The molecule has 2 aliphatic rings. The second-order valence-electron chi connectivity index (χ2n) is 6.07. The van der Waals surface area contributed by atoms with Crippen LogP contribution >= 0.6 is 0 Å². The molecule has 1 aliphatic carbocycles. The Morgan fingerprint density at radius 1 is 1.17 bits per heavy atom. The van der Waals surface area contributed by atoms with Gasteiger partial charge in [0, 0.05) is 31.2 Å². The topological polar surface area (TPSA) is 44.4 Å². The van der Waals surface area contributed by atoms with Gasteiger partial charge in [-0.25, -0.2) is 0 Å². The lowest BCUT2D eigenvalue weighted by molar-refractivity contribution is -0.123. The molecule has 0 aromatic heterocycles. The molecular formula is C14H27N3O. The lowest BCUT2D eigenvalue weighted by Crippen LogP contribution is -2.56. The van der Waals surface area contributed by atoms with Crippen molar-refractivity contribution >= 4 is 5.91 Å². The predicted molar refractivity (Wildman–Crippen MR) is 73.5 cm³/mol. The standard InChI is InChI=1S/C14H27N3O/c1-11-8-17(9-12(2)15-11)10-14(18)16-13-6-4-3-5-7-13/h11-13,15H,3-10H2,1-2H3,(H,16,18). The number of carbonyl (C=O) groups excluding carboxylic acids is 1. The molecule has 1 saturated heterocycles. The van der Waals surface area contributed by atoms with E-state index >= 15 is 0 Å². The average Bonchev–Trinajstić information content (AvgIpc) is 2.28. The maximum atomic E-state index is 12.0. The molecule has 2 fully saturated rings. The van der Waals surface area contributed by atoms with Crippen molar-refractivity contribution < 1.29 is 4.79 Å². The van der Waals surface area contributed by atoms with Gasteiger partial charge in [-0.1, -0.05) is 19.3 Å². The van der Waals surface area contributed by atoms with Crippen LogP contribution in [0.5, 0.6) is 0 Å². The van der Waals surface area contributed by atoms with Gasteiger partial charge in [0.2, 0.25) is 5.91 Å². The van der Waals surface area contributed by atoms with Crippen LogP contribution in [0.2, 0.25) is 0 Å². The van der Waals surface area contributed by atoms with Crippen molar-refractivity contribution in [2.45, 2.75) is 64.1 Å². The molecule has 0 aromatic rings. The first kappa shape index (κ1) is 13.8. The number of hydrogen-bond acceptors (Lipinski definition) is 3. The van der Waals surface area contributed by atoms with E-state index < -0.39 is 0 Å². The molecule has 1 amide bonds. The SMILES string of the molecule is CC1CN(CC(=O)NC2CCCCC2)CC(C)N1. The Morgan fingerprint density at radius 2 is 1.78 bits per heavy atom. The second kappa shape index (κ2) is 6.53. The minimum atomic E-state index is 0.211. The number of nitrogens with zero attached hydrogens (tertiary/aromatic N) is 1. The van der Waals surface area contributed by atoms with E-state index in [9.17, 15) is 4.79 Å². The number of amides is 1. The van der Waals surface area contributed by atoms with Crippen molar-refractivity contribution in [3.63, 3.8) is 0 Å². The van der Waals surface area contributed by atoms with Crippen LogP contribution in [0.4, 0.5) is 0 Å². The minimum absolute atomic E-state index is 0.211. The Bertz CT molecular complexity index is 266. The van der Waals surface area contributed by atoms with Crippen molar-refractivity contribution in [3.8, 4) is 0 Å². The highest BCUT2D eigenvalue weighted by Gasteiger charge is 2.23. The zero-order chi connectivity index (χ0) is 13.0. The number of piperazine rings is 1. The van der Waals surface area contributed by atoms with Crippen LogP contribution in [0.1, 0.15) is 46.0 Å². The number of nitrogens with one attached hydrogen (secondary N) is 2. The van der Waals surface area contributed by atoms with Crippen LogP contribution in [0.15, 0.2) is 0 Å². The fraction of sp³-hybridized carbons (Fsp3) is 0.929. The minimum Gasteiger partial charge on any atom is -0.352 e. The molecule has 2 atom stereocenters. The van der Waals surface area contributed by atoms with Gasteiger partial charge in [0.05, 0.1) is 6.54 Å². The van der Waals surface area contributed by atoms with Gasteiger partial charge in [-0.05, 0) is 26.7 Å². The predicted octanol–water partition coefficient (Wildman–Crippen LogP) is 1.12. The van der Waals surface area contributed by atoms with Crippen LogP contribution in [0.3, 0.4) is 0 Å². The molecule has 0 spiro atoms. The van der Waals surface area contributed by atoms with Crippen molar-refractivity contribution in [2.24, 2.45) is 0 Å². The Morgan fingerprint density at radius 3 is 2.39 bits per heavy atom. The first-order valence-corrected chi connectivity index (χ1v) is 7.41. The van der Waals surface area contributed by atoms with Gasteiger partial charge in [-0.2, -0.15) is 0 Å². The van der Waals surface area contributed by atoms with E-state index in [2.05, 4.69) is 29.4 Å². The molecule has 2 N–H and O–H groups in total. The maximum absolute atomic E-state index is 12.0. The average molecular weight is 253 g/mol. The molecule has 0 aromatic carbocycles. The lowest BCUT2D eigenvalue weighted by atomic mass is 9.95. The monoisotopic (exact) mass is 253 g/mol. The summed E-state index contributed by atoms with van der Waals surface area (Å²) in [7, 11) is 0. The fourth-order valence-corrected chi connectivity index (χ4v) is 3.29. The van der Waals surface area contributed by atoms with E-state index in [0.29, 0.717) is 24.7 Å². The van der Waals surface area contributed by atoms with E-state index in [1.165, 1.54) is 32.1 Å². The quantitative estimate of drug-likeness (QED) is 0.792. The molecule has 0 radical (unpaired) electrons. The molecule has 0 bridgehead atoms. The molecule has 18 heavy (non-hydrogen) atoms. The summed E-state index contributed by atoms with van der Waals surface area (Å²) in [5.74, 6) is 0.211. The molecule has 4 heteroatoms. The Balaban J connectivity index is 1.72. The lowest BCUT2D eigenvalue weighted by Gasteiger charge is -2.36. The van der Waals surface area contributed by atoms with E-state index in [4.69, 9.17) is 0 Å². The molecule has 104 valence electrons. The van der Waals surface area contributed by atoms with Crippen molar-refractivity contribution in [3.05, 3.63) is 0 Å². The van der Waals surface area contributed by atoms with Gasteiger partial charge in [0.1, 0.15) is 0 Å².